The lowest BCUT2D eigenvalue weighted by Crippen LogP contribution is -2.43. The van der Waals surface area contributed by atoms with Gasteiger partial charge in [0.05, 0.1) is 0 Å². The van der Waals surface area contributed by atoms with Crippen LogP contribution in [0.1, 0.15) is 52.9 Å². The summed E-state index contributed by atoms with van der Waals surface area (Å²) in [7, 11) is 0. The molecule has 1 aliphatic carbocycles. The molecule has 0 aromatic rings. The number of nitrogens with zero attached hydrogens (tertiary/aromatic N) is 1. The van der Waals surface area contributed by atoms with Crippen LogP contribution in [-0.4, -0.2) is 30.6 Å². The van der Waals surface area contributed by atoms with Crippen LogP contribution in [0.4, 0.5) is 0 Å². The summed E-state index contributed by atoms with van der Waals surface area (Å²) >= 11 is 0. The second-order valence-electron chi connectivity index (χ2n) is 5.57. The van der Waals surface area contributed by atoms with Gasteiger partial charge in [-0.2, -0.15) is 0 Å². The molecule has 1 aliphatic rings. The highest BCUT2D eigenvalue weighted by Gasteiger charge is 2.23. The molecular weight excluding hydrogens is 196 g/mol. The molecule has 2 unspecified atom stereocenters. The number of hydrogen-bond donors (Lipinski definition) is 1. The third kappa shape index (κ3) is 4.42. The van der Waals surface area contributed by atoms with Crippen molar-refractivity contribution in [3.8, 4) is 0 Å². The first-order valence-electron chi connectivity index (χ1n) is 7.15. The first kappa shape index (κ1) is 14.0. The summed E-state index contributed by atoms with van der Waals surface area (Å²) in [6, 6.07) is 0.409. The van der Waals surface area contributed by atoms with Gasteiger partial charge in [0.1, 0.15) is 0 Å². The number of likely N-dealkylation sites (N-methyl/N-ethyl adjacent to an activating group) is 1. The van der Waals surface area contributed by atoms with E-state index in [2.05, 4.69) is 25.7 Å². The summed E-state index contributed by atoms with van der Waals surface area (Å²) in [6.45, 7) is 10.3. The molecule has 1 fully saturated rings. The van der Waals surface area contributed by atoms with Crippen LogP contribution in [0.25, 0.3) is 0 Å². The Hall–Kier alpha value is -0.0800. The Balaban J connectivity index is 2.30. The molecule has 96 valence electrons. The van der Waals surface area contributed by atoms with E-state index in [1.807, 2.05) is 0 Å². The Morgan fingerprint density at radius 2 is 1.81 bits per heavy atom. The topological polar surface area (TPSA) is 29.3 Å². The summed E-state index contributed by atoms with van der Waals surface area (Å²) in [5, 5.41) is 0. The fourth-order valence-electron chi connectivity index (χ4n) is 2.74. The van der Waals surface area contributed by atoms with Gasteiger partial charge in [0, 0.05) is 19.1 Å². The van der Waals surface area contributed by atoms with E-state index < -0.39 is 0 Å². The first-order valence-corrected chi connectivity index (χ1v) is 7.15. The van der Waals surface area contributed by atoms with Gasteiger partial charge in [0.15, 0.2) is 0 Å². The Bertz CT molecular complexity index is 176. The van der Waals surface area contributed by atoms with Crippen molar-refractivity contribution in [2.75, 3.05) is 19.6 Å². The van der Waals surface area contributed by atoms with Crippen molar-refractivity contribution in [2.24, 2.45) is 17.6 Å². The Kier molecular flexibility index (Phi) is 6.37. The maximum absolute atomic E-state index is 6.33. The van der Waals surface area contributed by atoms with Crippen molar-refractivity contribution in [3.63, 3.8) is 0 Å². The zero-order valence-corrected chi connectivity index (χ0v) is 11.4. The molecule has 1 saturated carbocycles. The van der Waals surface area contributed by atoms with E-state index in [0.717, 1.165) is 24.9 Å². The second kappa shape index (κ2) is 7.29. The van der Waals surface area contributed by atoms with Gasteiger partial charge >= 0.3 is 0 Å². The van der Waals surface area contributed by atoms with Gasteiger partial charge in [-0.1, -0.05) is 40.0 Å². The van der Waals surface area contributed by atoms with Crippen LogP contribution in [0, 0.1) is 11.8 Å². The van der Waals surface area contributed by atoms with Crippen LogP contribution in [0.15, 0.2) is 0 Å². The van der Waals surface area contributed by atoms with Crippen LogP contribution in [0.2, 0.25) is 0 Å². The molecule has 0 amide bonds. The second-order valence-corrected chi connectivity index (χ2v) is 5.57. The minimum absolute atomic E-state index is 0.409. The molecule has 0 heterocycles. The van der Waals surface area contributed by atoms with Gasteiger partial charge in [0.25, 0.3) is 0 Å². The maximum Gasteiger partial charge on any atom is 0.0196 e. The molecule has 0 aromatic heterocycles. The van der Waals surface area contributed by atoms with E-state index in [9.17, 15) is 0 Å². The zero-order valence-electron chi connectivity index (χ0n) is 11.4. The van der Waals surface area contributed by atoms with Crippen LogP contribution in [0.5, 0.6) is 0 Å². The predicted molar refractivity (Wildman–Crippen MR) is 71.5 cm³/mol. The van der Waals surface area contributed by atoms with Gasteiger partial charge in [-0.3, -0.25) is 0 Å². The van der Waals surface area contributed by atoms with Gasteiger partial charge in [-0.25, -0.2) is 0 Å². The minimum Gasteiger partial charge on any atom is -0.326 e. The van der Waals surface area contributed by atoms with Crippen molar-refractivity contribution in [1.82, 2.24) is 4.90 Å². The lowest BCUT2D eigenvalue weighted by molar-refractivity contribution is 0.211. The Labute approximate surface area is 102 Å². The lowest BCUT2D eigenvalue weighted by atomic mass is 9.98. The molecule has 0 aliphatic heterocycles. The smallest absolute Gasteiger partial charge is 0.0196 e. The first-order chi connectivity index (χ1) is 7.67. The van der Waals surface area contributed by atoms with Crippen molar-refractivity contribution >= 4 is 0 Å². The monoisotopic (exact) mass is 226 g/mol. The van der Waals surface area contributed by atoms with E-state index in [1.165, 1.54) is 38.6 Å². The minimum atomic E-state index is 0.409. The normalized spacial score (nSPS) is 21.6. The molecule has 2 heteroatoms. The van der Waals surface area contributed by atoms with Gasteiger partial charge in [-0.05, 0) is 31.2 Å². The third-order valence-corrected chi connectivity index (χ3v) is 4.19. The van der Waals surface area contributed by atoms with E-state index in [0.29, 0.717) is 6.04 Å². The van der Waals surface area contributed by atoms with Crippen LogP contribution in [-0.2, 0) is 0 Å². The fraction of sp³-hybridized carbons (Fsp3) is 1.00. The predicted octanol–water partition coefficient (Wildman–Crippen LogP) is 2.87. The van der Waals surface area contributed by atoms with Crippen molar-refractivity contribution in [2.45, 2.75) is 58.9 Å². The fourth-order valence-corrected chi connectivity index (χ4v) is 2.74. The third-order valence-electron chi connectivity index (χ3n) is 4.19. The van der Waals surface area contributed by atoms with E-state index in [4.69, 9.17) is 5.73 Å². The highest BCUT2D eigenvalue weighted by molar-refractivity contribution is 4.80. The quantitative estimate of drug-likeness (QED) is 0.723. The Morgan fingerprint density at radius 3 is 2.31 bits per heavy atom. The van der Waals surface area contributed by atoms with Crippen molar-refractivity contribution < 1.29 is 0 Å². The molecular formula is C14H30N2. The van der Waals surface area contributed by atoms with Crippen LogP contribution in [0.3, 0.4) is 0 Å². The number of hydrogen-bond acceptors (Lipinski definition) is 2. The maximum atomic E-state index is 6.33. The Morgan fingerprint density at radius 1 is 1.19 bits per heavy atom. The summed E-state index contributed by atoms with van der Waals surface area (Å²) in [5.41, 5.74) is 6.33. The molecule has 2 atom stereocenters. The van der Waals surface area contributed by atoms with Crippen LogP contribution >= 0.6 is 0 Å². The molecule has 0 bridgehead atoms. The summed E-state index contributed by atoms with van der Waals surface area (Å²) in [5.74, 6) is 1.60. The average molecular weight is 226 g/mol. The van der Waals surface area contributed by atoms with Crippen LogP contribution < -0.4 is 5.73 Å². The van der Waals surface area contributed by atoms with Crippen molar-refractivity contribution in [1.29, 1.82) is 0 Å². The summed E-state index contributed by atoms with van der Waals surface area (Å²) in [6.07, 6.45) is 6.80. The summed E-state index contributed by atoms with van der Waals surface area (Å²) in [4.78, 5) is 2.54. The lowest BCUT2D eigenvalue weighted by Gasteiger charge is -2.29. The standard InChI is InChI=1S/C14H30N2/c1-4-12(3)10-16(5-2)11-14(15)13-8-6-7-9-13/h12-14H,4-11,15H2,1-3H3. The average Bonchev–Trinajstić information content (AvgIpc) is 2.81. The van der Waals surface area contributed by atoms with Gasteiger partial charge in [0.2, 0.25) is 0 Å². The molecule has 2 nitrogen and oxygen atoms in total. The van der Waals surface area contributed by atoms with Gasteiger partial charge in [-0.15, -0.1) is 0 Å². The molecule has 1 rings (SSSR count). The summed E-state index contributed by atoms with van der Waals surface area (Å²) < 4.78 is 0. The van der Waals surface area contributed by atoms with Crippen molar-refractivity contribution in [3.05, 3.63) is 0 Å². The highest BCUT2D eigenvalue weighted by Crippen LogP contribution is 2.27. The van der Waals surface area contributed by atoms with E-state index in [1.54, 1.807) is 0 Å². The molecule has 2 N–H and O–H groups in total. The van der Waals surface area contributed by atoms with E-state index >= 15 is 0 Å². The van der Waals surface area contributed by atoms with E-state index in [-0.39, 0.29) is 0 Å². The zero-order chi connectivity index (χ0) is 12.0. The number of nitrogens with two attached hydrogens (primary N) is 1. The largest absolute Gasteiger partial charge is 0.326 e. The molecule has 0 saturated heterocycles. The molecule has 16 heavy (non-hydrogen) atoms. The SMILES string of the molecule is CCC(C)CN(CC)CC(N)C1CCCC1. The number of rotatable bonds is 7. The molecule has 0 aromatic carbocycles. The molecule has 0 spiro atoms. The highest BCUT2D eigenvalue weighted by atomic mass is 15.1. The van der Waals surface area contributed by atoms with Gasteiger partial charge < -0.3 is 10.6 Å². The molecule has 0 radical (unpaired) electrons.